The highest BCUT2D eigenvalue weighted by atomic mass is 19.1. The van der Waals surface area contributed by atoms with Gasteiger partial charge < -0.3 is 23.8 Å². The van der Waals surface area contributed by atoms with Crippen LogP contribution in [0.5, 0.6) is 5.75 Å². The lowest BCUT2D eigenvalue weighted by atomic mass is 9.94. The summed E-state index contributed by atoms with van der Waals surface area (Å²) in [5.41, 5.74) is 1.07. The molecule has 2 bridgehead atoms. The van der Waals surface area contributed by atoms with Gasteiger partial charge in [0.2, 0.25) is 0 Å². The maximum absolute atomic E-state index is 15.9. The first kappa shape index (κ1) is 34.1. The smallest absolute Gasteiger partial charge is 0.417 e. The van der Waals surface area contributed by atoms with Crippen LogP contribution in [0.25, 0.3) is 16.8 Å². The molecule has 13 heteroatoms. The van der Waals surface area contributed by atoms with Gasteiger partial charge in [-0.2, -0.15) is 0 Å². The minimum atomic E-state index is -1.28. The number of carbonyl (C=O) groups excluding carboxylic acids is 3. The molecule has 0 radical (unpaired) electrons. The lowest BCUT2D eigenvalue weighted by molar-refractivity contribution is -0.123. The number of methoxy groups -OCH3 is 1. The minimum absolute atomic E-state index is 0.0328. The highest BCUT2D eigenvalue weighted by molar-refractivity contribution is 6.08. The molecule has 5 rings (SSSR count). The second-order valence-corrected chi connectivity index (χ2v) is 14.1. The molecule has 47 heavy (non-hydrogen) atoms. The van der Waals surface area contributed by atoms with Crippen LogP contribution in [0, 0.1) is 0 Å². The van der Waals surface area contributed by atoms with Gasteiger partial charge in [0.1, 0.15) is 28.9 Å². The number of alkyl halides is 1. The van der Waals surface area contributed by atoms with Gasteiger partial charge in [0, 0.05) is 31.8 Å². The van der Waals surface area contributed by atoms with Crippen molar-refractivity contribution in [3.8, 4) is 17.0 Å². The Kier molecular flexibility index (Phi) is 9.50. The van der Waals surface area contributed by atoms with Crippen molar-refractivity contribution in [2.45, 2.75) is 96.3 Å². The average molecular weight is 654 g/mol. The molecule has 2 aromatic rings. The van der Waals surface area contributed by atoms with Gasteiger partial charge in [-0.1, -0.05) is 6.07 Å². The summed E-state index contributed by atoms with van der Waals surface area (Å²) in [6.07, 6.45) is 3.91. The van der Waals surface area contributed by atoms with Crippen LogP contribution in [0.3, 0.4) is 0 Å². The van der Waals surface area contributed by atoms with Crippen molar-refractivity contribution in [3.05, 3.63) is 42.2 Å². The van der Waals surface area contributed by atoms with Gasteiger partial charge in [-0.15, -0.1) is 0 Å². The summed E-state index contributed by atoms with van der Waals surface area (Å²) in [5, 5.41) is 0. The van der Waals surface area contributed by atoms with Crippen molar-refractivity contribution < 1.29 is 37.7 Å². The van der Waals surface area contributed by atoms with Crippen LogP contribution in [-0.4, -0.2) is 101 Å². The molecule has 0 aliphatic carbocycles. The quantitative estimate of drug-likeness (QED) is 0.349. The van der Waals surface area contributed by atoms with E-state index in [1.54, 1.807) is 82.9 Å². The van der Waals surface area contributed by atoms with Crippen LogP contribution in [0.15, 0.2) is 36.7 Å². The van der Waals surface area contributed by atoms with Gasteiger partial charge in [0.15, 0.2) is 6.79 Å². The molecule has 4 atom stereocenters. The van der Waals surface area contributed by atoms with Crippen molar-refractivity contribution >= 4 is 29.5 Å². The van der Waals surface area contributed by atoms with Crippen LogP contribution < -0.4 is 9.64 Å². The molecule has 3 aliphatic heterocycles. The first-order valence-electron chi connectivity index (χ1n) is 15.8. The minimum Gasteiger partial charge on any atom is -0.467 e. The fraction of sp³-hybridized carbons (Fsp3) is 0.559. The zero-order valence-electron chi connectivity index (χ0n) is 28.3. The lowest BCUT2D eigenvalue weighted by Gasteiger charge is -2.44. The predicted molar refractivity (Wildman–Crippen MR) is 172 cm³/mol. The number of anilines is 1. The summed E-state index contributed by atoms with van der Waals surface area (Å²) >= 11 is 0. The molecule has 0 N–H and O–H groups in total. The van der Waals surface area contributed by atoms with E-state index >= 15 is 4.39 Å². The lowest BCUT2D eigenvalue weighted by Crippen LogP contribution is -2.59. The zero-order valence-corrected chi connectivity index (χ0v) is 28.3. The van der Waals surface area contributed by atoms with Crippen molar-refractivity contribution in [2.24, 2.45) is 0 Å². The normalized spacial score (nSPS) is 22.7. The van der Waals surface area contributed by atoms with Crippen LogP contribution in [-0.2, 0) is 19.0 Å². The fourth-order valence-electron chi connectivity index (χ4n) is 6.25. The van der Waals surface area contributed by atoms with Crippen molar-refractivity contribution in [1.29, 1.82) is 0 Å². The molecule has 1 aromatic carbocycles. The number of halogens is 1. The highest BCUT2D eigenvalue weighted by Crippen LogP contribution is 2.41. The summed E-state index contributed by atoms with van der Waals surface area (Å²) in [7, 11) is 3.30. The van der Waals surface area contributed by atoms with Gasteiger partial charge in [-0.25, -0.2) is 23.9 Å². The molecule has 2 fully saturated rings. The third kappa shape index (κ3) is 7.50. The van der Waals surface area contributed by atoms with Gasteiger partial charge >= 0.3 is 12.2 Å². The van der Waals surface area contributed by atoms with E-state index in [0.717, 1.165) is 11.3 Å². The summed E-state index contributed by atoms with van der Waals surface area (Å²) < 4.78 is 37.9. The number of hydrogen-bond donors (Lipinski definition) is 0. The molecule has 3 amide bonds. The molecule has 12 nitrogen and oxygen atoms in total. The number of carbonyl (C=O) groups is 3. The number of rotatable bonds is 7. The first-order chi connectivity index (χ1) is 22.1. The molecule has 1 aromatic heterocycles. The van der Waals surface area contributed by atoms with Crippen LogP contribution in [0.4, 0.5) is 19.8 Å². The third-order valence-electron chi connectivity index (χ3n) is 8.36. The molecular formula is C34H44FN5O7. The Hall–Kier alpha value is -4.26. The molecule has 0 saturated carbocycles. The van der Waals surface area contributed by atoms with E-state index in [9.17, 15) is 14.4 Å². The van der Waals surface area contributed by atoms with E-state index in [1.165, 1.54) is 13.2 Å². The van der Waals surface area contributed by atoms with Crippen LogP contribution in [0.1, 0.15) is 66.4 Å². The Morgan fingerprint density at radius 1 is 1.02 bits per heavy atom. The topological polar surface area (TPSA) is 124 Å². The van der Waals surface area contributed by atoms with Crippen LogP contribution >= 0.6 is 0 Å². The second kappa shape index (κ2) is 13.1. The van der Waals surface area contributed by atoms with Crippen molar-refractivity contribution in [2.75, 3.05) is 32.4 Å². The zero-order chi connectivity index (χ0) is 34.3. The number of benzene rings is 1. The van der Waals surface area contributed by atoms with E-state index in [1.807, 2.05) is 6.07 Å². The maximum Gasteiger partial charge on any atom is 0.417 e. The summed E-state index contributed by atoms with van der Waals surface area (Å²) in [6.45, 7) is 10.7. The molecule has 3 aliphatic rings. The largest absolute Gasteiger partial charge is 0.467 e. The van der Waals surface area contributed by atoms with Gasteiger partial charge in [-0.3, -0.25) is 14.7 Å². The Labute approximate surface area is 274 Å². The standard InChI is InChI=1S/C34H44FN5O7/c1-33(2,3)46-31(42)39-18-21(14-29(39)41)20-9-11-23(27(13-20)45-19-44-8)24-16-37-28(17-36-24)38(7)26-15-22-10-12-25(30(26)35)40(22)32(43)47-34(4,5)6/h9,11,13-14,16-17,22,25-26,30H,10,12,15,18-19H2,1-8H3/t22-,25+,26-,30+/m1/s1. The first-order valence-corrected chi connectivity index (χ1v) is 15.8. The van der Waals surface area contributed by atoms with Crippen molar-refractivity contribution in [1.82, 2.24) is 19.8 Å². The number of nitrogens with zero attached hydrogens (tertiary/aromatic N) is 5. The van der Waals surface area contributed by atoms with E-state index in [-0.39, 0.29) is 19.4 Å². The molecular weight excluding hydrogens is 609 g/mol. The number of amides is 3. The van der Waals surface area contributed by atoms with E-state index < -0.39 is 47.6 Å². The number of aromatic nitrogens is 2. The molecule has 2 saturated heterocycles. The van der Waals surface area contributed by atoms with E-state index in [4.69, 9.17) is 18.9 Å². The number of fused-ring (bicyclic) bond motifs is 2. The molecule has 0 unspecified atom stereocenters. The van der Waals surface area contributed by atoms with Crippen molar-refractivity contribution in [3.63, 3.8) is 0 Å². The van der Waals surface area contributed by atoms with Gasteiger partial charge in [0.05, 0.1) is 36.7 Å². The molecule has 0 spiro atoms. The second-order valence-electron chi connectivity index (χ2n) is 14.1. The third-order valence-corrected chi connectivity index (χ3v) is 8.36. The maximum atomic E-state index is 15.9. The summed E-state index contributed by atoms with van der Waals surface area (Å²) in [5.74, 6) is 0.486. The number of hydrogen-bond acceptors (Lipinski definition) is 10. The fourth-order valence-corrected chi connectivity index (χ4v) is 6.25. The number of imide groups is 1. The Balaban J connectivity index is 1.31. The van der Waals surface area contributed by atoms with Gasteiger partial charge in [0.25, 0.3) is 5.91 Å². The van der Waals surface area contributed by atoms with E-state index in [0.29, 0.717) is 46.8 Å². The van der Waals surface area contributed by atoms with E-state index in [2.05, 4.69) is 9.97 Å². The highest BCUT2D eigenvalue weighted by Gasteiger charge is 2.52. The SMILES string of the molecule is COCOc1cc(C2=CC(=O)N(C(=O)OC(C)(C)C)C2)ccc1-c1cnc(N(C)[C@@H]2C[C@H]3CC[C@@H]([C@@H]2F)N3C(=O)OC(C)(C)C)cn1. The number of ether oxygens (including phenoxy) is 4. The average Bonchev–Trinajstić information content (AvgIpc) is 3.56. The predicted octanol–water partition coefficient (Wildman–Crippen LogP) is 5.60. The summed E-state index contributed by atoms with van der Waals surface area (Å²) in [6, 6.07) is 4.24. The number of piperidine rings is 1. The monoisotopic (exact) mass is 653 g/mol. The molecule has 254 valence electrons. The Morgan fingerprint density at radius 3 is 2.36 bits per heavy atom. The Morgan fingerprint density at radius 2 is 1.72 bits per heavy atom. The summed E-state index contributed by atoms with van der Waals surface area (Å²) in [4.78, 5) is 51.7. The van der Waals surface area contributed by atoms with Crippen LogP contribution in [0.2, 0.25) is 0 Å². The van der Waals surface area contributed by atoms with Gasteiger partial charge in [-0.05, 0) is 84.1 Å². The molecule has 4 heterocycles. The Bertz CT molecular complexity index is 1530.